The van der Waals surface area contributed by atoms with Crippen molar-refractivity contribution in [1.29, 1.82) is 0 Å². The van der Waals surface area contributed by atoms with Crippen molar-refractivity contribution in [2.75, 3.05) is 21.3 Å². The van der Waals surface area contributed by atoms with E-state index < -0.39 is 17.4 Å². The fourth-order valence-electron chi connectivity index (χ4n) is 2.85. The molecule has 0 saturated carbocycles. The minimum absolute atomic E-state index is 0. The largest absolute Gasteiger partial charge is 0.507 e. The molecule has 1 heterocycles. The van der Waals surface area contributed by atoms with Crippen LogP contribution in [0.4, 0.5) is 0 Å². The maximum Gasteiger partial charge on any atom is 0.328 e. The highest BCUT2D eigenvalue weighted by Gasteiger charge is 2.22. The Morgan fingerprint density at radius 3 is 2.35 bits per heavy atom. The summed E-state index contributed by atoms with van der Waals surface area (Å²) in [6.45, 7) is 1.50. The van der Waals surface area contributed by atoms with Crippen LogP contribution in [-0.4, -0.2) is 38.4 Å². The third-order valence-corrected chi connectivity index (χ3v) is 4.35. The number of aromatic hydroxyl groups is 1. The number of carbonyl (C=O) groups excluding carboxylic acids is 1. The van der Waals surface area contributed by atoms with Gasteiger partial charge >= 0.3 is 5.97 Å². The summed E-state index contributed by atoms with van der Waals surface area (Å²) in [6.07, 6.45) is 0. The summed E-state index contributed by atoms with van der Waals surface area (Å²) in [7, 11) is 4.15. The van der Waals surface area contributed by atoms with Crippen molar-refractivity contribution in [3.63, 3.8) is 0 Å². The Bertz CT molecular complexity index is 1170. The monoisotopic (exact) mass is 495 g/mol. The van der Waals surface area contributed by atoms with Gasteiger partial charge in [-0.1, -0.05) is 0 Å². The molecule has 0 saturated heterocycles. The second-order valence-electron chi connectivity index (χ2n) is 6.39. The molecule has 0 aliphatic heterocycles. The Labute approximate surface area is 188 Å². The summed E-state index contributed by atoms with van der Waals surface area (Å²) in [6, 6.07) is 6.56. The first-order chi connectivity index (χ1) is 14.3. The zero-order valence-corrected chi connectivity index (χ0v) is 19.0. The molecule has 10 heteroatoms. The van der Waals surface area contributed by atoms with Gasteiger partial charge in [-0.2, -0.15) is 0 Å². The van der Waals surface area contributed by atoms with E-state index in [1.54, 1.807) is 6.07 Å². The number of methoxy groups -OCH3 is 3. The standard InChI is InChI=1S/C21H21NO8.BrH/c1-10(22)21(25)30-14-6-5-11(7-15(14)27-3)19-20(28-4)18(24)17-13(23)8-12(26-2)9-16(17)29-19;/h5-10,23H,22H2,1-4H3;1H/t10-;/m0./s1. The minimum atomic E-state index is -0.810. The van der Waals surface area contributed by atoms with Crippen molar-refractivity contribution in [2.24, 2.45) is 5.73 Å². The molecular formula is C21H22BrNO8. The smallest absolute Gasteiger partial charge is 0.328 e. The number of halogens is 1. The van der Waals surface area contributed by atoms with Crippen LogP contribution >= 0.6 is 17.0 Å². The Hall–Kier alpha value is -3.24. The molecule has 166 valence electrons. The zero-order chi connectivity index (χ0) is 22.0. The third kappa shape index (κ3) is 4.59. The van der Waals surface area contributed by atoms with Gasteiger partial charge in [0.25, 0.3) is 0 Å². The third-order valence-electron chi connectivity index (χ3n) is 4.35. The Balaban J connectivity index is 0.00000341. The molecule has 2 aromatic carbocycles. The van der Waals surface area contributed by atoms with Gasteiger partial charge in [-0.15, -0.1) is 17.0 Å². The number of fused-ring (bicyclic) bond motifs is 1. The summed E-state index contributed by atoms with van der Waals surface area (Å²) in [5.74, 6) is -0.228. The van der Waals surface area contributed by atoms with E-state index in [9.17, 15) is 14.7 Å². The van der Waals surface area contributed by atoms with E-state index in [0.717, 1.165) is 0 Å². The lowest BCUT2D eigenvalue weighted by atomic mass is 10.1. The second-order valence-corrected chi connectivity index (χ2v) is 6.39. The number of nitrogens with two attached hydrogens (primary N) is 1. The predicted molar refractivity (Wildman–Crippen MR) is 119 cm³/mol. The molecule has 0 amide bonds. The molecule has 31 heavy (non-hydrogen) atoms. The number of hydrogen-bond donors (Lipinski definition) is 2. The lowest BCUT2D eigenvalue weighted by molar-refractivity contribution is -0.135. The van der Waals surface area contributed by atoms with Crippen molar-refractivity contribution >= 4 is 33.9 Å². The molecule has 1 aromatic heterocycles. The first-order valence-electron chi connectivity index (χ1n) is 8.88. The Morgan fingerprint density at radius 1 is 1.06 bits per heavy atom. The molecule has 3 N–H and O–H groups in total. The van der Waals surface area contributed by atoms with Gasteiger partial charge in [-0.25, -0.2) is 4.79 Å². The second kappa shape index (κ2) is 9.71. The van der Waals surface area contributed by atoms with Crippen LogP contribution in [0.3, 0.4) is 0 Å². The van der Waals surface area contributed by atoms with E-state index in [1.807, 2.05) is 0 Å². The number of carbonyl (C=O) groups is 1. The molecular weight excluding hydrogens is 474 g/mol. The van der Waals surface area contributed by atoms with Crippen molar-refractivity contribution in [3.05, 3.63) is 40.6 Å². The summed E-state index contributed by atoms with van der Waals surface area (Å²) in [5.41, 5.74) is 5.50. The van der Waals surface area contributed by atoms with Crippen LogP contribution in [0.5, 0.6) is 28.7 Å². The van der Waals surface area contributed by atoms with Crippen LogP contribution in [-0.2, 0) is 4.79 Å². The first-order valence-corrected chi connectivity index (χ1v) is 8.88. The van der Waals surface area contributed by atoms with Gasteiger partial charge < -0.3 is 34.2 Å². The quantitative estimate of drug-likeness (QED) is 0.391. The van der Waals surface area contributed by atoms with Crippen LogP contribution in [0.2, 0.25) is 0 Å². The van der Waals surface area contributed by atoms with Gasteiger partial charge in [-0.05, 0) is 25.1 Å². The SMILES string of the molecule is Br.COc1cc(O)c2c(=O)c(OC)c(-c3ccc(OC(=O)[C@H](C)N)c(OC)c3)oc2c1. The predicted octanol–water partition coefficient (Wildman–Crippen LogP) is 3.02. The van der Waals surface area contributed by atoms with E-state index >= 15 is 0 Å². The van der Waals surface area contributed by atoms with Gasteiger partial charge in [0.05, 0.1) is 21.3 Å². The van der Waals surface area contributed by atoms with Crippen LogP contribution in [0.25, 0.3) is 22.3 Å². The maximum absolute atomic E-state index is 12.9. The fraction of sp³-hybridized carbons (Fsp3) is 0.238. The highest BCUT2D eigenvalue weighted by atomic mass is 79.9. The lowest BCUT2D eigenvalue weighted by Gasteiger charge is -2.14. The number of rotatable bonds is 6. The van der Waals surface area contributed by atoms with E-state index in [0.29, 0.717) is 11.3 Å². The molecule has 3 rings (SSSR count). The van der Waals surface area contributed by atoms with Gasteiger partial charge in [0.15, 0.2) is 17.3 Å². The van der Waals surface area contributed by atoms with Crippen molar-refractivity contribution in [1.82, 2.24) is 0 Å². The minimum Gasteiger partial charge on any atom is -0.507 e. The van der Waals surface area contributed by atoms with E-state index in [2.05, 4.69) is 0 Å². The van der Waals surface area contributed by atoms with E-state index in [1.165, 1.54) is 52.5 Å². The number of ether oxygens (including phenoxy) is 4. The average molecular weight is 496 g/mol. The molecule has 3 aromatic rings. The van der Waals surface area contributed by atoms with Crippen LogP contribution in [0.1, 0.15) is 6.92 Å². The first kappa shape index (κ1) is 24.0. The molecule has 0 aliphatic carbocycles. The number of hydrogen-bond acceptors (Lipinski definition) is 9. The average Bonchev–Trinajstić information content (AvgIpc) is 2.73. The molecule has 0 fully saturated rings. The van der Waals surface area contributed by atoms with Gasteiger partial charge in [-0.3, -0.25) is 4.79 Å². The molecule has 0 unspecified atom stereocenters. The van der Waals surface area contributed by atoms with Crippen LogP contribution in [0.15, 0.2) is 39.5 Å². The van der Waals surface area contributed by atoms with Crippen LogP contribution < -0.4 is 30.1 Å². The highest BCUT2D eigenvalue weighted by Crippen LogP contribution is 2.39. The number of phenols is 1. The Morgan fingerprint density at radius 2 is 1.77 bits per heavy atom. The van der Waals surface area contributed by atoms with Crippen LogP contribution in [0, 0.1) is 0 Å². The maximum atomic E-state index is 12.9. The van der Waals surface area contributed by atoms with E-state index in [4.69, 9.17) is 29.1 Å². The van der Waals surface area contributed by atoms with Crippen molar-refractivity contribution in [3.8, 4) is 40.1 Å². The molecule has 1 atom stereocenters. The molecule has 9 nitrogen and oxygen atoms in total. The summed E-state index contributed by atoms with van der Waals surface area (Å²) >= 11 is 0. The summed E-state index contributed by atoms with van der Waals surface area (Å²) < 4.78 is 26.8. The van der Waals surface area contributed by atoms with E-state index in [-0.39, 0.29) is 56.7 Å². The normalized spacial score (nSPS) is 11.4. The molecule has 0 aliphatic rings. The van der Waals surface area contributed by atoms with Crippen molar-refractivity contribution < 1.29 is 33.3 Å². The Kier molecular flexibility index (Phi) is 7.53. The van der Waals surface area contributed by atoms with Gasteiger partial charge in [0, 0.05) is 17.7 Å². The van der Waals surface area contributed by atoms with Gasteiger partial charge in [0.2, 0.25) is 11.2 Å². The highest BCUT2D eigenvalue weighted by molar-refractivity contribution is 8.93. The van der Waals surface area contributed by atoms with Crippen molar-refractivity contribution in [2.45, 2.75) is 13.0 Å². The number of esters is 1. The summed E-state index contributed by atoms with van der Waals surface area (Å²) in [5, 5.41) is 10.2. The summed E-state index contributed by atoms with van der Waals surface area (Å²) in [4.78, 5) is 24.7. The lowest BCUT2D eigenvalue weighted by Crippen LogP contribution is -2.30. The fourth-order valence-corrected chi connectivity index (χ4v) is 2.85. The number of benzene rings is 2. The molecule has 0 spiro atoms. The zero-order valence-electron chi connectivity index (χ0n) is 17.3. The number of phenolic OH excluding ortho intramolecular Hbond substituents is 1. The molecule has 0 radical (unpaired) electrons. The van der Waals surface area contributed by atoms with Gasteiger partial charge in [0.1, 0.15) is 28.5 Å². The molecule has 0 bridgehead atoms. The topological polar surface area (TPSA) is 130 Å².